The molecule has 0 N–H and O–H groups in total. The monoisotopic (exact) mass is 126 g/mol. The Labute approximate surface area is 51.2 Å². The lowest BCUT2D eigenvalue weighted by Crippen LogP contribution is -1.79. The van der Waals surface area contributed by atoms with E-state index in [0.717, 1.165) is 4.88 Å². The zero-order valence-electron chi connectivity index (χ0n) is 4.34. The Hall–Kier alpha value is -0.700. The Bertz CT molecular complexity index is 194. The molecule has 0 spiro atoms. The van der Waals surface area contributed by atoms with Crippen LogP contribution in [-0.4, -0.2) is 11.3 Å². The Kier molecular flexibility index (Phi) is 1.39. The van der Waals surface area contributed by atoms with Gasteiger partial charge in [0, 0.05) is 4.88 Å². The van der Waals surface area contributed by atoms with Gasteiger partial charge >= 0.3 is 0 Å². The lowest BCUT2D eigenvalue weighted by molar-refractivity contribution is 0.561. The van der Waals surface area contributed by atoms with E-state index < -0.39 is 0 Å². The van der Waals surface area contributed by atoms with Gasteiger partial charge in [0.05, 0.1) is 5.51 Å². The van der Waals surface area contributed by atoms with Crippen molar-refractivity contribution >= 4 is 17.6 Å². The number of carbonyl (C=O) groups excluding carboxylic acids is 1. The van der Waals surface area contributed by atoms with Crippen molar-refractivity contribution in [1.29, 1.82) is 0 Å². The summed E-state index contributed by atoms with van der Waals surface area (Å²) in [6.07, 6.45) is 1.72. The summed E-state index contributed by atoms with van der Waals surface area (Å²) in [5.74, 6) is 0. The van der Waals surface area contributed by atoms with Gasteiger partial charge in [-0.15, -0.1) is 11.3 Å². The van der Waals surface area contributed by atoms with Gasteiger partial charge in [-0.3, -0.25) is 4.79 Å². The summed E-state index contributed by atoms with van der Waals surface area (Å²) < 4.78 is 0. The molecule has 1 aromatic rings. The number of thiazole rings is 1. The molecule has 2 nitrogen and oxygen atoms in total. The van der Waals surface area contributed by atoms with Crippen molar-refractivity contribution in [3.63, 3.8) is 0 Å². The van der Waals surface area contributed by atoms with Crippen molar-refractivity contribution in [1.82, 2.24) is 4.98 Å². The molecule has 0 aliphatic heterocycles. The minimum absolute atomic E-state index is 0.440. The van der Waals surface area contributed by atoms with Crippen LogP contribution in [0.2, 0.25) is 0 Å². The standard InChI is InChI=1S/C5H4NOS/c1-4-5(2-7)6-3-8-4/h3H,1H3. The van der Waals surface area contributed by atoms with E-state index in [1.807, 2.05) is 6.92 Å². The molecule has 0 atom stereocenters. The quantitative estimate of drug-likeness (QED) is 0.559. The molecule has 0 aliphatic rings. The summed E-state index contributed by atoms with van der Waals surface area (Å²) in [6.45, 7) is 1.85. The van der Waals surface area contributed by atoms with Crippen LogP contribution in [0.15, 0.2) is 5.51 Å². The molecular formula is C5H4NOS. The third-order valence-electron chi connectivity index (χ3n) is 0.841. The minimum Gasteiger partial charge on any atom is -0.283 e. The largest absolute Gasteiger partial charge is 0.283 e. The highest BCUT2D eigenvalue weighted by molar-refractivity contribution is 7.09. The normalized spacial score (nSPS) is 9.12. The fraction of sp³-hybridized carbons (Fsp3) is 0.200. The molecule has 3 heteroatoms. The zero-order valence-corrected chi connectivity index (χ0v) is 5.16. The first-order valence-corrected chi connectivity index (χ1v) is 3.01. The molecule has 1 aromatic heterocycles. The van der Waals surface area contributed by atoms with Crippen molar-refractivity contribution in [2.24, 2.45) is 0 Å². The third kappa shape index (κ3) is 0.767. The Morgan fingerprint density at radius 1 is 1.88 bits per heavy atom. The number of hydrogen-bond acceptors (Lipinski definition) is 3. The lowest BCUT2D eigenvalue weighted by Gasteiger charge is -1.75. The molecule has 0 saturated heterocycles. The number of hydrogen-bond donors (Lipinski definition) is 0. The van der Waals surface area contributed by atoms with E-state index in [0.29, 0.717) is 5.69 Å². The van der Waals surface area contributed by atoms with E-state index in [9.17, 15) is 4.79 Å². The maximum Gasteiger partial charge on any atom is 0.254 e. The van der Waals surface area contributed by atoms with Crippen LogP contribution in [0.25, 0.3) is 0 Å². The first-order chi connectivity index (χ1) is 3.84. The van der Waals surface area contributed by atoms with Crippen LogP contribution < -0.4 is 0 Å². The Balaban J connectivity index is 3.09. The van der Waals surface area contributed by atoms with Crippen LogP contribution in [0, 0.1) is 6.92 Å². The SMILES string of the molecule is Cc1scnc1[C]=O. The van der Waals surface area contributed by atoms with Crippen LogP contribution in [0.3, 0.4) is 0 Å². The second-order valence-corrected chi connectivity index (χ2v) is 2.42. The molecule has 0 aromatic carbocycles. The van der Waals surface area contributed by atoms with Crippen LogP contribution in [0.4, 0.5) is 0 Å². The van der Waals surface area contributed by atoms with Gasteiger partial charge in [0.25, 0.3) is 6.29 Å². The van der Waals surface area contributed by atoms with Crippen molar-refractivity contribution in [2.45, 2.75) is 6.92 Å². The summed E-state index contributed by atoms with van der Waals surface area (Å²) >= 11 is 1.46. The van der Waals surface area contributed by atoms with Crippen molar-refractivity contribution in [3.8, 4) is 0 Å². The highest BCUT2D eigenvalue weighted by Gasteiger charge is 1.96. The summed E-state index contributed by atoms with van der Waals surface area (Å²) in [6, 6.07) is 0. The van der Waals surface area contributed by atoms with Gasteiger partial charge in [0.1, 0.15) is 5.69 Å². The van der Waals surface area contributed by atoms with Crippen molar-refractivity contribution in [3.05, 3.63) is 16.1 Å². The number of nitrogens with zero attached hydrogens (tertiary/aromatic N) is 1. The summed E-state index contributed by atoms with van der Waals surface area (Å²) in [5.41, 5.74) is 2.07. The maximum atomic E-state index is 9.91. The highest BCUT2D eigenvalue weighted by atomic mass is 32.1. The van der Waals surface area contributed by atoms with Gasteiger partial charge in [-0.2, -0.15) is 0 Å². The average molecular weight is 126 g/mol. The maximum absolute atomic E-state index is 9.91. The molecule has 0 unspecified atom stereocenters. The van der Waals surface area contributed by atoms with Crippen LogP contribution in [-0.2, 0) is 4.79 Å². The van der Waals surface area contributed by atoms with E-state index in [-0.39, 0.29) is 0 Å². The molecule has 1 rings (SSSR count). The van der Waals surface area contributed by atoms with Crippen LogP contribution >= 0.6 is 11.3 Å². The number of aromatic nitrogens is 1. The van der Waals surface area contributed by atoms with Crippen molar-refractivity contribution in [2.75, 3.05) is 0 Å². The van der Waals surface area contributed by atoms with Gasteiger partial charge in [-0.05, 0) is 6.92 Å². The van der Waals surface area contributed by atoms with E-state index in [2.05, 4.69) is 4.98 Å². The second kappa shape index (κ2) is 2.05. The topological polar surface area (TPSA) is 30.0 Å². The summed E-state index contributed by atoms with van der Waals surface area (Å²) in [5, 5.41) is 0. The highest BCUT2D eigenvalue weighted by Crippen LogP contribution is 2.07. The molecule has 0 amide bonds. The number of rotatable bonds is 1. The molecule has 0 aliphatic carbocycles. The first kappa shape index (κ1) is 5.44. The van der Waals surface area contributed by atoms with Gasteiger partial charge in [0.2, 0.25) is 0 Å². The number of aryl methyl sites for hydroxylation is 1. The Morgan fingerprint density at radius 2 is 2.62 bits per heavy atom. The molecule has 8 heavy (non-hydrogen) atoms. The predicted molar refractivity (Wildman–Crippen MR) is 31.6 cm³/mol. The van der Waals surface area contributed by atoms with Crippen LogP contribution in [0.1, 0.15) is 10.6 Å². The smallest absolute Gasteiger partial charge is 0.254 e. The van der Waals surface area contributed by atoms with E-state index in [1.165, 1.54) is 11.3 Å². The van der Waals surface area contributed by atoms with Gasteiger partial charge in [-0.1, -0.05) is 0 Å². The average Bonchev–Trinajstić information content (AvgIpc) is 2.14. The second-order valence-electron chi connectivity index (χ2n) is 1.36. The van der Waals surface area contributed by atoms with Gasteiger partial charge in [-0.25, -0.2) is 4.98 Å². The summed E-state index contributed by atoms with van der Waals surface area (Å²) in [7, 11) is 0. The first-order valence-electron chi connectivity index (χ1n) is 2.13. The lowest BCUT2D eigenvalue weighted by atomic mass is 10.4. The molecule has 1 heterocycles. The molecule has 0 bridgehead atoms. The fourth-order valence-electron chi connectivity index (χ4n) is 0.403. The predicted octanol–water partition coefficient (Wildman–Crippen LogP) is 0.909. The zero-order chi connectivity index (χ0) is 5.98. The van der Waals surface area contributed by atoms with E-state index >= 15 is 0 Å². The van der Waals surface area contributed by atoms with Crippen LogP contribution in [0.5, 0.6) is 0 Å². The minimum atomic E-state index is 0.440. The van der Waals surface area contributed by atoms with Crippen molar-refractivity contribution < 1.29 is 4.79 Å². The molecule has 1 radical (unpaired) electrons. The Morgan fingerprint density at radius 3 is 2.88 bits per heavy atom. The molecule has 0 saturated carbocycles. The van der Waals surface area contributed by atoms with Gasteiger partial charge in [0.15, 0.2) is 0 Å². The molecule has 41 valence electrons. The third-order valence-corrected chi connectivity index (χ3v) is 1.60. The van der Waals surface area contributed by atoms with Gasteiger partial charge < -0.3 is 0 Å². The molecule has 0 fully saturated rings. The molecular weight excluding hydrogens is 122 g/mol. The fourth-order valence-corrected chi connectivity index (χ4v) is 0.925. The van der Waals surface area contributed by atoms with E-state index in [1.54, 1.807) is 11.8 Å². The van der Waals surface area contributed by atoms with E-state index in [4.69, 9.17) is 0 Å². The summed E-state index contributed by atoms with van der Waals surface area (Å²) in [4.78, 5) is 14.6.